The van der Waals surface area contributed by atoms with Crippen molar-refractivity contribution in [1.82, 2.24) is 14.5 Å². The summed E-state index contributed by atoms with van der Waals surface area (Å²) in [5.74, 6) is -1.34. The zero-order chi connectivity index (χ0) is 15.3. The number of carbonyl (C=O) groups excluding carboxylic acids is 1. The lowest BCUT2D eigenvalue weighted by Gasteiger charge is -2.30. The van der Waals surface area contributed by atoms with Gasteiger partial charge in [-0.05, 0) is 0 Å². The van der Waals surface area contributed by atoms with E-state index in [-0.39, 0.29) is 32.0 Å². The molecular formula is C10H19N3O6S. The van der Waals surface area contributed by atoms with Crippen LogP contribution in [-0.4, -0.2) is 86.9 Å². The summed E-state index contributed by atoms with van der Waals surface area (Å²) in [7, 11) is -0.541. The van der Waals surface area contributed by atoms with Crippen LogP contribution in [0, 0.1) is 0 Å². The van der Waals surface area contributed by atoms with Crippen molar-refractivity contribution < 1.29 is 27.9 Å². The Morgan fingerprint density at radius 3 is 2.65 bits per heavy atom. The molecule has 20 heavy (non-hydrogen) atoms. The number of nitrogens with zero attached hydrogens (tertiary/aromatic N) is 2. The van der Waals surface area contributed by atoms with Gasteiger partial charge in [0.15, 0.2) is 6.10 Å². The zero-order valence-electron chi connectivity index (χ0n) is 11.4. The monoisotopic (exact) mass is 309 g/mol. The second-order valence-electron chi connectivity index (χ2n) is 4.47. The minimum atomic E-state index is -3.37. The van der Waals surface area contributed by atoms with Gasteiger partial charge in [-0.15, -0.1) is 0 Å². The van der Waals surface area contributed by atoms with Gasteiger partial charge in [-0.3, -0.25) is 0 Å². The van der Waals surface area contributed by atoms with Crippen molar-refractivity contribution in [3.05, 3.63) is 0 Å². The molecule has 1 heterocycles. The number of carboxylic acid groups (broad SMARTS) is 1. The fraction of sp³-hybridized carbons (Fsp3) is 0.800. The van der Waals surface area contributed by atoms with Crippen molar-refractivity contribution in [1.29, 1.82) is 0 Å². The number of amides is 2. The highest BCUT2D eigenvalue weighted by molar-refractivity contribution is 7.89. The third kappa shape index (κ3) is 4.62. The van der Waals surface area contributed by atoms with Crippen LogP contribution in [-0.2, 0) is 19.6 Å². The van der Waals surface area contributed by atoms with E-state index in [0.717, 1.165) is 4.31 Å². The Hall–Kier alpha value is -1.39. The van der Waals surface area contributed by atoms with Crippen molar-refractivity contribution in [2.75, 3.05) is 46.1 Å². The zero-order valence-corrected chi connectivity index (χ0v) is 12.2. The number of carbonyl (C=O) groups is 2. The highest BCUT2D eigenvalue weighted by Gasteiger charge is 2.29. The van der Waals surface area contributed by atoms with Crippen LogP contribution in [0.5, 0.6) is 0 Å². The predicted molar refractivity (Wildman–Crippen MR) is 69.8 cm³/mol. The molecule has 116 valence electrons. The summed E-state index contributed by atoms with van der Waals surface area (Å²) in [4.78, 5) is 23.9. The average molecular weight is 309 g/mol. The molecule has 0 spiro atoms. The Morgan fingerprint density at radius 2 is 2.10 bits per heavy atom. The molecule has 1 aliphatic heterocycles. The molecule has 0 aromatic heterocycles. The number of hydrogen-bond donors (Lipinski definition) is 2. The average Bonchev–Trinajstić information content (AvgIpc) is 2.38. The van der Waals surface area contributed by atoms with Crippen LogP contribution in [0.4, 0.5) is 4.79 Å². The quantitative estimate of drug-likeness (QED) is 0.630. The molecule has 1 aliphatic rings. The van der Waals surface area contributed by atoms with Gasteiger partial charge in [0.1, 0.15) is 0 Å². The number of sulfonamides is 1. The van der Waals surface area contributed by atoms with Crippen LogP contribution in [0.1, 0.15) is 0 Å². The predicted octanol–water partition coefficient (Wildman–Crippen LogP) is -1.63. The first-order chi connectivity index (χ1) is 9.24. The lowest BCUT2D eigenvalue weighted by molar-refractivity contribution is -0.154. The Bertz CT molecular complexity index is 464. The molecule has 1 fully saturated rings. The third-order valence-electron chi connectivity index (χ3n) is 2.82. The summed E-state index contributed by atoms with van der Waals surface area (Å²) in [6.07, 6.45) is -1.04. The molecule has 9 nitrogen and oxygen atoms in total. The number of morpholine rings is 1. The van der Waals surface area contributed by atoms with Crippen LogP contribution in [0.3, 0.4) is 0 Å². The van der Waals surface area contributed by atoms with Gasteiger partial charge in [0.2, 0.25) is 10.0 Å². The van der Waals surface area contributed by atoms with E-state index in [1.807, 2.05) is 0 Å². The van der Waals surface area contributed by atoms with Crippen molar-refractivity contribution >= 4 is 22.0 Å². The van der Waals surface area contributed by atoms with Gasteiger partial charge in [-0.25, -0.2) is 22.3 Å². The minimum absolute atomic E-state index is 0.0333. The third-order valence-corrected chi connectivity index (χ3v) is 4.65. The summed E-state index contributed by atoms with van der Waals surface area (Å²) in [5, 5.41) is 11.3. The lowest BCUT2D eigenvalue weighted by Crippen LogP contribution is -2.52. The summed E-state index contributed by atoms with van der Waals surface area (Å²) in [6, 6.07) is -0.492. The molecule has 2 amide bonds. The maximum absolute atomic E-state index is 11.8. The van der Waals surface area contributed by atoms with Gasteiger partial charge in [0.05, 0.1) is 18.9 Å². The molecule has 0 aliphatic carbocycles. The molecule has 2 N–H and O–H groups in total. The molecule has 1 rings (SSSR count). The largest absolute Gasteiger partial charge is 0.479 e. The molecular weight excluding hydrogens is 290 g/mol. The summed E-state index contributed by atoms with van der Waals surface area (Å²) < 4.78 is 29.0. The van der Waals surface area contributed by atoms with Gasteiger partial charge in [0.25, 0.3) is 0 Å². The van der Waals surface area contributed by atoms with E-state index in [1.54, 1.807) is 0 Å². The molecule has 1 saturated heterocycles. The first-order valence-corrected chi connectivity index (χ1v) is 7.62. The molecule has 0 saturated carbocycles. The number of nitrogens with one attached hydrogen (secondary N) is 1. The number of ether oxygens (including phenoxy) is 1. The summed E-state index contributed by atoms with van der Waals surface area (Å²) in [5.41, 5.74) is 0. The smallest absolute Gasteiger partial charge is 0.334 e. The van der Waals surface area contributed by atoms with E-state index in [0.29, 0.717) is 0 Å². The maximum Gasteiger partial charge on any atom is 0.334 e. The number of carboxylic acids is 1. The second kappa shape index (κ2) is 6.86. The highest BCUT2D eigenvalue weighted by Crippen LogP contribution is 2.05. The van der Waals surface area contributed by atoms with Gasteiger partial charge in [0, 0.05) is 27.2 Å². The van der Waals surface area contributed by atoms with Gasteiger partial charge in [-0.2, -0.15) is 0 Å². The van der Waals surface area contributed by atoms with Gasteiger partial charge < -0.3 is 20.1 Å². The number of rotatable bonds is 5. The van der Waals surface area contributed by atoms with Gasteiger partial charge in [-0.1, -0.05) is 0 Å². The summed E-state index contributed by atoms with van der Waals surface area (Å²) >= 11 is 0. The normalized spacial score (nSPS) is 19.9. The fourth-order valence-corrected chi connectivity index (χ4v) is 2.29. The van der Waals surface area contributed by atoms with Crippen molar-refractivity contribution in [2.24, 2.45) is 0 Å². The van der Waals surface area contributed by atoms with Crippen molar-refractivity contribution in [2.45, 2.75) is 6.10 Å². The van der Waals surface area contributed by atoms with E-state index in [2.05, 4.69) is 5.32 Å². The van der Waals surface area contributed by atoms with Crippen molar-refractivity contribution in [3.63, 3.8) is 0 Å². The molecule has 10 heteroatoms. The standard InChI is InChI=1S/C10H19N3O6S/c1-12(2)20(17,18)6-3-11-10(16)13-4-5-19-8(7-13)9(14)15/h8H,3-7H2,1-2H3,(H,11,16)(H,14,15). The van der Waals surface area contributed by atoms with E-state index in [1.165, 1.54) is 19.0 Å². The second-order valence-corrected chi connectivity index (χ2v) is 6.78. The first-order valence-electron chi connectivity index (χ1n) is 6.01. The number of aliphatic carboxylic acids is 1. The van der Waals surface area contributed by atoms with Crippen LogP contribution in [0.25, 0.3) is 0 Å². The first kappa shape index (κ1) is 16.7. The molecule has 0 radical (unpaired) electrons. The molecule has 0 aromatic rings. The maximum atomic E-state index is 11.8. The Morgan fingerprint density at radius 1 is 1.45 bits per heavy atom. The number of hydrogen-bond acceptors (Lipinski definition) is 5. The number of urea groups is 1. The molecule has 0 aromatic carbocycles. The fourth-order valence-electron chi connectivity index (χ4n) is 1.56. The lowest BCUT2D eigenvalue weighted by atomic mass is 10.3. The molecule has 1 unspecified atom stereocenters. The van der Waals surface area contributed by atoms with E-state index in [9.17, 15) is 18.0 Å². The van der Waals surface area contributed by atoms with Crippen LogP contribution in [0.2, 0.25) is 0 Å². The van der Waals surface area contributed by atoms with E-state index >= 15 is 0 Å². The van der Waals surface area contributed by atoms with Crippen molar-refractivity contribution in [3.8, 4) is 0 Å². The summed E-state index contributed by atoms with van der Waals surface area (Å²) in [6.45, 7) is 0.326. The SMILES string of the molecule is CN(C)S(=O)(=O)CCNC(=O)N1CCOC(C(=O)O)C1. The van der Waals surface area contributed by atoms with E-state index in [4.69, 9.17) is 9.84 Å². The van der Waals surface area contributed by atoms with E-state index < -0.39 is 28.1 Å². The highest BCUT2D eigenvalue weighted by atomic mass is 32.2. The molecule has 1 atom stereocenters. The van der Waals surface area contributed by atoms with Crippen LogP contribution < -0.4 is 5.32 Å². The molecule has 0 bridgehead atoms. The Balaban J connectivity index is 2.41. The Labute approximate surface area is 117 Å². The van der Waals surface area contributed by atoms with Gasteiger partial charge >= 0.3 is 12.0 Å². The van der Waals surface area contributed by atoms with Crippen LogP contribution in [0.15, 0.2) is 0 Å². The Kier molecular flexibility index (Phi) is 5.72. The topological polar surface area (TPSA) is 116 Å². The van der Waals surface area contributed by atoms with Crippen LogP contribution >= 0.6 is 0 Å². The minimum Gasteiger partial charge on any atom is -0.479 e.